The Morgan fingerprint density at radius 3 is 2.40 bits per heavy atom. The molecule has 1 aliphatic rings. The molecule has 0 saturated carbocycles. The highest BCUT2D eigenvalue weighted by molar-refractivity contribution is 6.00. The molecule has 8 heteroatoms. The lowest BCUT2D eigenvalue weighted by atomic mass is 10.1. The second-order valence-corrected chi connectivity index (χ2v) is 8.54. The number of benzene rings is 2. The Hall–Kier alpha value is -3.81. The molecular weight excluding hydrogens is 444 g/mol. The van der Waals surface area contributed by atoms with E-state index < -0.39 is 0 Å². The minimum absolute atomic E-state index is 0.0851. The van der Waals surface area contributed by atoms with E-state index in [0.717, 1.165) is 31.6 Å². The molecule has 0 aliphatic carbocycles. The number of aromatic nitrogens is 2. The molecule has 3 aromatic rings. The van der Waals surface area contributed by atoms with Crippen molar-refractivity contribution in [3.63, 3.8) is 0 Å². The van der Waals surface area contributed by atoms with E-state index in [1.165, 1.54) is 12.8 Å². The van der Waals surface area contributed by atoms with Gasteiger partial charge in [-0.05, 0) is 43.2 Å². The molecule has 2 heterocycles. The highest BCUT2D eigenvalue weighted by Gasteiger charge is 2.22. The van der Waals surface area contributed by atoms with Crippen molar-refractivity contribution in [2.45, 2.75) is 32.1 Å². The molecule has 1 fully saturated rings. The highest BCUT2D eigenvalue weighted by atomic mass is 16.5. The number of carbonyl (C=O) groups excluding carboxylic acids is 2. The molecule has 1 N–H and O–H groups in total. The lowest BCUT2D eigenvalue weighted by Gasteiger charge is -2.20. The topological polar surface area (TPSA) is 85.7 Å². The van der Waals surface area contributed by atoms with E-state index >= 15 is 0 Å². The van der Waals surface area contributed by atoms with Crippen LogP contribution in [-0.2, 0) is 4.79 Å². The predicted molar refractivity (Wildman–Crippen MR) is 134 cm³/mol. The van der Waals surface area contributed by atoms with Crippen LogP contribution in [-0.4, -0.2) is 60.3 Å². The van der Waals surface area contributed by atoms with Crippen molar-refractivity contribution >= 4 is 11.8 Å². The smallest absolute Gasteiger partial charge is 0.255 e. The van der Waals surface area contributed by atoms with Gasteiger partial charge in [0, 0.05) is 37.8 Å². The zero-order chi connectivity index (χ0) is 24.6. The van der Waals surface area contributed by atoms with Crippen molar-refractivity contribution in [1.29, 1.82) is 0 Å². The third-order valence-electron chi connectivity index (χ3n) is 6.22. The molecule has 0 unspecified atom stereocenters. The van der Waals surface area contributed by atoms with Gasteiger partial charge in [0.2, 0.25) is 5.91 Å². The van der Waals surface area contributed by atoms with E-state index in [1.807, 2.05) is 35.2 Å². The first-order valence-corrected chi connectivity index (χ1v) is 12.0. The highest BCUT2D eigenvalue weighted by Crippen LogP contribution is 2.35. The zero-order valence-corrected chi connectivity index (χ0v) is 20.3. The van der Waals surface area contributed by atoms with Crippen LogP contribution in [0.25, 0.3) is 16.9 Å². The minimum atomic E-state index is -0.296. The fraction of sp³-hybridized carbons (Fsp3) is 0.370. The minimum Gasteiger partial charge on any atom is -0.497 e. The second kappa shape index (κ2) is 11.6. The summed E-state index contributed by atoms with van der Waals surface area (Å²) < 4.78 is 12.6. The summed E-state index contributed by atoms with van der Waals surface area (Å²) in [6.45, 7) is 1.87. The Bertz CT molecular complexity index is 1150. The monoisotopic (exact) mass is 476 g/mol. The normalized spacial score (nSPS) is 13.7. The first-order chi connectivity index (χ1) is 17.1. The number of para-hydroxylation sites is 1. The number of nitrogens with zero attached hydrogens (tertiary/aromatic N) is 3. The summed E-state index contributed by atoms with van der Waals surface area (Å²) in [5.41, 5.74) is 2.34. The third kappa shape index (κ3) is 5.82. The van der Waals surface area contributed by atoms with Gasteiger partial charge >= 0.3 is 0 Å². The Labute approximate surface area is 205 Å². The molecule has 0 radical (unpaired) electrons. The largest absolute Gasteiger partial charge is 0.497 e. The molecule has 0 bridgehead atoms. The van der Waals surface area contributed by atoms with Crippen molar-refractivity contribution in [2.24, 2.45) is 0 Å². The summed E-state index contributed by atoms with van der Waals surface area (Å²) in [5.74, 6) is 0.997. The van der Waals surface area contributed by atoms with Crippen molar-refractivity contribution in [1.82, 2.24) is 20.0 Å². The fourth-order valence-electron chi connectivity index (χ4n) is 4.31. The maximum absolute atomic E-state index is 13.3. The quantitative estimate of drug-likeness (QED) is 0.530. The standard InChI is InChI=1S/C27H32N4O4/c1-34-21-12-13-24(35-2)22(18-21)26-23(19-31(29-26)20-10-6-5-7-11-20)27(33)28-15-14-25(32)30-16-8-3-4-9-17-30/h5-7,10-13,18-19H,3-4,8-9,14-17H2,1-2H3,(H,28,33). The van der Waals surface area contributed by atoms with Crippen LogP contribution in [0, 0.1) is 0 Å². The number of carbonyl (C=O) groups is 2. The SMILES string of the molecule is COc1ccc(OC)c(-c2nn(-c3ccccc3)cc2C(=O)NCCC(=O)N2CCCCCC2)c1. The van der Waals surface area contributed by atoms with Gasteiger partial charge in [0.1, 0.15) is 17.2 Å². The van der Waals surface area contributed by atoms with Crippen molar-refractivity contribution < 1.29 is 19.1 Å². The molecular formula is C27H32N4O4. The van der Waals surface area contributed by atoms with Crippen molar-refractivity contribution in [3.05, 3.63) is 60.3 Å². The molecule has 0 spiro atoms. The van der Waals surface area contributed by atoms with E-state index in [1.54, 1.807) is 43.3 Å². The average molecular weight is 477 g/mol. The number of rotatable bonds is 8. The van der Waals surface area contributed by atoms with Crippen LogP contribution in [0.4, 0.5) is 0 Å². The number of hydrogen-bond acceptors (Lipinski definition) is 5. The number of amides is 2. The van der Waals surface area contributed by atoms with Crippen LogP contribution in [0.2, 0.25) is 0 Å². The van der Waals surface area contributed by atoms with Crippen molar-refractivity contribution in [3.8, 4) is 28.4 Å². The second-order valence-electron chi connectivity index (χ2n) is 8.54. The molecule has 2 amide bonds. The van der Waals surface area contributed by atoms with Crippen LogP contribution >= 0.6 is 0 Å². The number of ether oxygens (including phenoxy) is 2. The number of hydrogen-bond donors (Lipinski definition) is 1. The maximum Gasteiger partial charge on any atom is 0.255 e. The molecule has 1 aliphatic heterocycles. The number of likely N-dealkylation sites (tertiary alicyclic amines) is 1. The fourth-order valence-corrected chi connectivity index (χ4v) is 4.31. The molecule has 1 aromatic heterocycles. The van der Waals surface area contributed by atoms with Crippen LogP contribution in [0.3, 0.4) is 0 Å². The Morgan fingerprint density at radius 2 is 1.71 bits per heavy atom. The molecule has 1 saturated heterocycles. The molecule has 35 heavy (non-hydrogen) atoms. The van der Waals surface area contributed by atoms with Crippen LogP contribution in [0.15, 0.2) is 54.7 Å². The first-order valence-electron chi connectivity index (χ1n) is 12.0. The summed E-state index contributed by atoms with van der Waals surface area (Å²) in [7, 11) is 3.16. The van der Waals surface area contributed by atoms with E-state index in [2.05, 4.69) is 5.32 Å². The maximum atomic E-state index is 13.3. The van der Waals surface area contributed by atoms with Gasteiger partial charge in [0.25, 0.3) is 5.91 Å². The summed E-state index contributed by atoms with van der Waals surface area (Å²) in [6.07, 6.45) is 6.40. The van der Waals surface area contributed by atoms with E-state index in [4.69, 9.17) is 14.6 Å². The van der Waals surface area contributed by atoms with Gasteiger partial charge in [-0.2, -0.15) is 5.10 Å². The van der Waals surface area contributed by atoms with Gasteiger partial charge in [0.15, 0.2) is 0 Å². The number of methoxy groups -OCH3 is 2. The zero-order valence-electron chi connectivity index (χ0n) is 20.3. The van der Waals surface area contributed by atoms with Gasteiger partial charge in [-0.15, -0.1) is 0 Å². The first kappa shape index (κ1) is 24.3. The molecule has 2 aromatic carbocycles. The van der Waals surface area contributed by atoms with E-state index in [-0.39, 0.29) is 24.8 Å². The van der Waals surface area contributed by atoms with Gasteiger partial charge in [-0.1, -0.05) is 31.0 Å². The van der Waals surface area contributed by atoms with Gasteiger partial charge < -0.3 is 19.7 Å². The van der Waals surface area contributed by atoms with Crippen LogP contribution < -0.4 is 14.8 Å². The Kier molecular flexibility index (Phi) is 8.03. The summed E-state index contributed by atoms with van der Waals surface area (Å²) in [5, 5.41) is 7.64. The lowest BCUT2D eigenvalue weighted by molar-refractivity contribution is -0.131. The summed E-state index contributed by atoms with van der Waals surface area (Å²) in [4.78, 5) is 27.8. The Morgan fingerprint density at radius 1 is 0.971 bits per heavy atom. The van der Waals surface area contributed by atoms with Crippen molar-refractivity contribution in [2.75, 3.05) is 33.9 Å². The van der Waals surface area contributed by atoms with Gasteiger partial charge in [0.05, 0.1) is 25.5 Å². The Balaban J connectivity index is 1.58. The predicted octanol–water partition coefficient (Wildman–Crippen LogP) is 4.08. The molecule has 184 valence electrons. The van der Waals surface area contributed by atoms with Crippen LogP contribution in [0.1, 0.15) is 42.5 Å². The van der Waals surface area contributed by atoms with Crippen LogP contribution in [0.5, 0.6) is 11.5 Å². The summed E-state index contributed by atoms with van der Waals surface area (Å²) >= 11 is 0. The van der Waals surface area contributed by atoms with E-state index in [0.29, 0.717) is 28.3 Å². The average Bonchev–Trinajstić information content (AvgIpc) is 3.16. The summed E-state index contributed by atoms with van der Waals surface area (Å²) in [6, 6.07) is 15.0. The number of nitrogens with one attached hydrogen (secondary N) is 1. The third-order valence-corrected chi connectivity index (χ3v) is 6.22. The molecule has 0 atom stereocenters. The van der Waals surface area contributed by atoms with E-state index in [9.17, 15) is 9.59 Å². The van der Waals surface area contributed by atoms with Gasteiger partial charge in [-0.3, -0.25) is 9.59 Å². The lowest BCUT2D eigenvalue weighted by Crippen LogP contribution is -2.35. The van der Waals surface area contributed by atoms with Gasteiger partial charge in [-0.25, -0.2) is 4.68 Å². The molecule has 4 rings (SSSR count). The molecule has 8 nitrogen and oxygen atoms in total.